The molecule has 0 aliphatic heterocycles. The SMILES string of the molecule is CCCCCCCC(C)=CC(=O)O. The molecule has 13 heavy (non-hydrogen) atoms. The van der Waals surface area contributed by atoms with Crippen LogP contribution in [0.3, 0.4) is 0 Å². The Morgan fingerprint density at radius 2 is 1.85 bits per heavy atom. The molecule has 0 aromatic heterocycles. The molecule has 0 aromatic rings. The lowest BCUT2D eigenvalue weighted by molar-refractivity contribution is -0.131. The predicted octanol–water partition coefficient (Wildman–Crippen LogP) is 3.38. The maximum absolute atomic E-state index is 10.3. The Kier molecular flexibility index (Phi) is 7.36. The summed E-state index contributed by atoms with van der Waals surface area (Å²) in [6, 6.07) is 0. The minimum Gasteiger partial charge on any atom is -0.478 e. The van der Waals surface area contributed by atoms with Gasteiger partial charge in [0.25, 0.3) is 0 Å². The maximum Gasteiger partial charge on any atom is 0.328 e. The van der Waals surface area contributed by atoms with Crippen LogP contribution in [-0.2, 0) is 4.79 Å². The van der Waals surface area contributed by atoms with Crippen LogP contribution in [0.5, 0.6) is 0 Å². The summed E-state index contributed by atoms with van der Waals surface area (Å²) in [5.41, 5.74) is 0.976. The molecule has 0 aliphatic rings. The first kappa shape index (κ1) is 12.2. The molecule has 2 nitrogen and oxygen atoms in total. The van der Waals surface area contributed by atoms with E-state index in [9.17, 15) is 4.79 Å². The molecule has 0 amide bonds. The molecule has 0 saturated carbocycles. The zero-order valence-corrected chi connectivity index (χ0v) is 8.68. The summed E-state index contributed by atoms with van der Waals surface area (Å²) in [5, 5.41) is 8.45. The third-order valence-corrected chi connectivity index (χ3v) is 2.04. The van der Waals surface area contributed by atoms with Crippen molar-refractivity contribution in [3.8, 4) is 0 Å². The van der Waals surface area contributed by atoms with Crippen LogP contribution < -0.4 is 0 Å². The zero-order valence-electron chi connectivity index (χ0n) is 8.68. The van der Waals surface area contributed by atoms with E-state index >= 15 is 0 Å². The molecule has 0 bridgehead atoms. The first-order valence-corrected chi connectivity index (χ1v) is 5.07. The van der Waals surface area contributed by atoms with E-state index in [1.807, 2.05) is 6.92 Å². The standard InChI is InChI=1S/C11H20O2/c1-3-4-5-6-7-8-10(2)9-11(12)13/h9H,3-8H2,1-2H3,(H,12,13). The minimum absolute atomic E-state index is 0.828. The molecule has 0 unspecified atom stereocenters. The van der Waals surface area contributed by atoms with Crippen molar-refractivity contribution >= 4 is 5.97 Å². The summed E-state index contributed by atoms with van der Waals surface area (Å²) >= 11 is 0. The van der Waals surface area contributed by atoms with Gasteiger partial charge in [0.15, 0.2) is 0 Å². The highest BCUT2D eigenvalue weighted by atomic mass is 16.4. The number of hydrogen-bond acceptors (Lipinski definition) is 1. The summed E-state index contributed by atoms with van der Waals surface area (Å²) in [6.07, 6.45) is 8.40. The van der Waals surface area contributed by atoms with Crippen LogP contribution in [-0.4, -0.2) is 11.1 Å². The molecule has 76 valence electrons. The van der Waals surface area contributed by atoms with Gasteiger partial charge in [-0.1, -0.05) is 38.2 Å². The normalized spacial score (nSPS) is 11.7. The number of carboxylic acid groups (broad SMARTS) is 1. The van der Waals surface area contributed by atoms with E-state index in [0.29, 0.717) is 0 Å². The highest BCUT2D eigenvalue weighted by Crippen LogP contribution is 2.10. The van der Waals surface area contributed by atoms with Gasteiger partial charge in [-0.2, -0.15) is 0 Å². The van der Waals surface area contributed by atoms with Crippen LogP contribution >= 0.6 is 0 Å². The van der Waals surface area contributed by atoms with E-state index in [1.165, 1.54) is 31.8 Å². The van der Waals surface area contributed by atoms with Crippen molar-refractivity contribution in [3.63, 3.8) is 0 Å². The first-order chi connectivity index (χ1) is 6.16. The fourth-order valence-corrected chi connectivity index (χ4v) is 1.29. The van der Waals surface area contributed by atoms with Crippen LogP contribution in [0.4, 0.5) is 0 Å². The van der Waals surface area contributed by atoms with Gasteiger partial charge in [0, 0.05) is 6.08 Å². The number of rotatable bonds is 7. The lowest BCUT2D eigenvalue weighted by Gasteiger charge is -1.99. The van der Waals surface area contributed by atoms with Gasteiger partial charge in [-0.15, -0.1) is 0 Å². The maximum atomic E-state index is 10.3. The first-order valence-electron chi connectivity index (χ1n) is 5.07. The molecule has 0 heterocycles. The molecular formula is C11H20O2. The average molecular weight is 184 g/mol. The molecule has 0 aromatic carbocycles. The molecule has 2 heteroatoms. The summed E-state index contributed by atoms with van der Waals surface area (Å²) < 4.78 is 0. The molecular weight excluding hydrogens is 164 g/mol. The smallest absolute Gasteiger partial charge is 0.328 e. The number of hydrogen-bond donors (Lipinski definition) is 1. The molecule has 0 aliphatic carbocycles. The van der Waals surface area contributed by atoms with Crippen molar-refractivity contribution in [3.05, 3.63) is 11.6 Å². The lowest BCUT2D eigenvalue weighted by Crippen LogP contribution is -1.90. The molecule has 0 radical (unpaired) electrons. The van der Waals surface area contributed by atoms with E-state index in [2.05, 4.69) is 6.92 Å². The summed E-state index contributed by atoms with van der Waals surface area (Å²) in [4.78, 5) is 10.3. The van der Waals surface area contributed by atoms with Gasteiger partial charge in [-0.05, 0) is 19.8 Å². The third-order valence-electron chi connectivity index (χ3n) is 2.04. The van der Waals surface area contributed by atoms with Gasteiger partial charge in [0.2, 0.25) is 0 Å². The quantitative estimate of drug-likeness (QED) is 0.486. The largest absolute Gasteiger partial charge is 0.478 e. The van der Waals surface area contributed by atoms with Crippen molar-refractivity contribution in [2.24, 2.45) is 0 Å². The van der Waals surface area contributed by atoms with E-state index in [0.717, 1.165) is 18.4 Å². The van der Waals surface area contributed by atoms with Gasteiger partial charge < -0.3 is 5.11 Å². The minimum atomic E-state index is -0.828. The van der Waals surface area contributed by atoms with E-state index in [4.69, 9.17) is 5.11 Å². The Bertz CT molecular complexity index is 171. The van der Waals surface area contributed by atoms with E-state index in [1.54, 1.807) is 0 Å². The highest BCUT2D eigenvalue weighted by molar-refractivity contribution is 5.80. The molecule has 0 saturated heterocycles. The zero-order chi connectivity index (χ0) is 10.1. The predicted molar refractivity (Wildman–Crippen MR) is 54.8 cm³/mol. The van der Waals surface area contributed by atoms with Crippen LogP contribution in [0.15, 0.2) is 11.6 Å². The van der Waals surface area contributed by atoms with Crippen molar-refractivity contribution in [1.82, 2.24) is 0 Å². The van der Waals surface area contributed by atoms with E-state index < -0.39 is 5.97 Å². The van der Waals surface area contributed by atoms with Crippen LogP contribution in [0.25, 0.3) is 0 Å². The number of aliphatic carboxylic acids is 1. The lowest BCUT2D eigenvalue weighted by atomic mass is 10.1. The summed E-state index contributed by atoms with van der Waals surface area (Å²) in [5.74, 6) is -0.828. The number of carboxylic acids is 1. The Morgan fingerprint density at radius 3 is 2.38 bits per heavy atom. The van der Waals surface area contributed by atoms with Crippen molar-refractivity contribution in [1.29, 1.82) is 0 Å². The summed E-state index contributed by atoms with van der Waals surface area (Å²) in [7, 11) is 0. The van der Waals surface area contributed by atoms with Gasteiger partial charge in [-0.25, -0.2) is 4.79 Å². The molecule has 0 spiro atoms. The second-order valence-corrected chi connectivity index (χ2v) is 3.49. The van der Waals surface area contributed by atoms with Crippen LogP contribution in [0, 0.1) is 0 Å². The highest BCUT2D eigenvalue weighted by Gasteiger charge is 1.94. The number of allylic oxidation sites excluding steroid dienone is 1. The third kappa shape index (κ3) is 9.12. The fraction of sp³-hybridized carbons (Fsp3) is 0.727. The Morgan fingerprint density at radius 1 is 1.23 bits per heavy atom. The van der Waals surface area contributed by atoms with Crippen LogP contribution in [0.2, 0.25) is 0 Å². The Hall–Kier alpha value is -0.790. The second-order valence-electron chi connectivity index (χ2n) is 3.49. The van der Waals surface area contributed by atoms with Gasteiger partial charge >= 0.3 is 5.97 Å². The van der Waals surface area contributed by atoms with Crippen LogP contribution in [0.1, 0.15) is 52.4 Å². The van der Waals surface area contributed by atoms with Gasteiger partial charge in [0.05, 0.1) is 0 Å². The molecule has 0 rings (SSSR count). The second kappa shape index (κ2) is 7.84. The number of carbonyl (C=O) groups is 1. The van der Waals surface area contributed by atoms with Gasteiger partial charge in [0.1, 0.15) is 0 Å². The molecule has 0 fully saturated rings. The topological polar surface area (TPSA) is 37.3 Å². The molecule has 0 atom stereocenters. The average Bonchev–Trinajstić information content (AvgIpc) is 2.02. The number of unbranched alkanes of at least 4 members (excludes halogenated alkanes) is 4. The van der Waals surface area contributed by atoms with E-state index in [-0.39, 0.29) is 0 Å². The fourth-order valence-electron chi connectivity index (χ4n) is 1.29. The van der Waals surface area contributed by atoms with Crippen molar-refractivity contribution in [2.45, 2.75) is 52.4 Å². The monoisotopic (exact) mass is 184 g/mol. The molecule has 1 N–H and O–H groups in total. The Labute approximate surface area is 80.7 Å². The van der Waals surface area contributed by atoms with Gasteiger partial charge in [-0.3, -0.25) is 0 Å². The van der Waals surface area contributed by atoms with Crippen molar-refractivity contribution < 1.29 is 9.90 Å². The van der Waals surface area contributed by atoms with Crippen molar-refractivity contribution in [2.75, 3.05) is 0 Å². The summed E-state index contributed by atoms with van der Waals surface area (Å²) in [6.45, 7) is 4.07. The Balaban J connectivity index is 3.37.